The van der Waals surface area contributed by atoms with Crippen LogP contribution in [0.3, 0.4) is 0 Å². The van der Waals surface area contributed by atoms with Crippen LogP contribution in [-0.4, -0.2) is 23.9 Å². The second-order valence-corrected chi connectivity index (χ2v) is 6.39. The number of aromatic carboxylic acids is 1. The van der Waals surface area contributed by atoms with E-state index in [2.05, 4.69) is 0 Å². The van der Waals surface area contributed by atoms with Crippen LogP contribution in [0, 0.1) is 0 Å². The minimum Gasteiger partial charge on any atom is -0.545 e. The van der Waals surface area contributed by atoms with Gasteiger partial charge in [0, 0.05) is 6.42 Å². The molecule has 26 heavy (non-hydrogen) atoms. The van der Waals surface area contributed by atoms with Crippen molar-refractivity contribution in [3.05, 3.63) is 59.7 Å². The molecule has 0 saturated carbocycles. The van der Waals surface area contributed by atoms with Crippen LogP contribution in [0.15, 0.2) is 48.5 Å². The molecule has 0 bridgehead atoms. The number of carbonyl (C=O) groups is 3. The second-order valence-electron chi connectivity index (χ2n) is 6.39. The summed E-state index contributed by atoms with van der Waals surface area (Å²) in [7, 11) is 0. The molecule has 1 aliphatic rings. The van der Waals surface area contributed by atoms with E-state index in [0.29, 0.717) is 11.4 Å². The molecule has 6 heteroatoms. The molecule has 1 heterocycles. The Morgan fingerprint density at radius 2 is 1.69 bits per heavy atom. The highest BCUT2D eigenvalue weighted by atomic mass is 16.5. The zero-order valence-electron chi connectivity index (χ0n) is 14.5. The highest BCUT2D eigenvalue weighted by Gasteiger charge is 2.40. The Hall–Kier alpha value is -3.15. The average Bonchev–Trinajstić information content (AvgIpc) is 2.89. The van der Waals surface area contributed by atoms with Crippen molar-refractivity contribution < 1.29 is 24.2 Å². The minimum absolute atomic E-state index is 0.00913. The van der Waals surface area contributed by atoms with Gasteiger partial charge in [0.1, 0.15) is 5.75 Å². The summed E-state index contributed by atoms with van der Waals surface area (Å²) in [6, 6.07) is 12.6. The summed E-state index contributed by atoms with van der Waals surface area (Å²) in [6.07, 6.45) is 0.126. The quantitative estimate of drug-likeness (QED) is 0.767. The topological polar surface area (TPSA) is 86.7 Å². The molecule has 2 aromatic rings. The Labute approximate surface area is 151 Å². The normalized spacial score (nSPS) is 17.0. The van der Waals surface area contributed by atoms with Gasteiger partial charge in [0.2, 0.25) is 11.8 Å². The number of imide groups is 1. The maximum Gasteiger partial charge on any atom is 0.241 e. The van der Waals surface area contributed by atoms with E-state index in [1.807, 2.05) is 13.8 Å². The molecule has 0 N–H and O–H groups in total. The van der Waals surface area contributed by atoms with Gasteiger partial charge in [0.05, 0.1) is 23.7 Å². The van der Waals surface area contributed by atoms with E-state index in [1.54, 1.807) is 24.3 Å². The van der Waals surface area contributed by atoms with Crippen LogP contribution in [0.4, 0.5) is 5.69 Å². The molecular weight excluding hydrogens is 334 g/mol. The Kier molecular flexibility index (Phi) is 4.75. The number of rotatable bonds is 5. The third-order valence-corrected chi connectivity index (χ3v) is 4.16. The summed E-state index contributed by atoms with van der Waals surface area (Å²) in [5.74, 6) is -1.80. The SMILES string of the molecule is CC(C)Oc1ccc([C@H]2CC(=O)N(c3ccc(C(=O)[O-])cc3)C2=O)cc1. The Morgan fingerprint density at radius 3 is 2.23 bits per heavy atom. The monoisotopic (exact) mass is 352 g/mol. The zero-order valence-corrected chi connectivity index (χ0v) is 14.5. The number of benzene rings is 2. The fourth-order valence-corrected chi connectivity index (χ4v) is 2.96. The maximum absolute atomic E-state index is 12.7. The van der Waals surface area contributed by atoms with E-state index in [4.69, 9.17) is 4.74 Å². The van der Waals surface area contributed by atoms with E-state index < -0.39 is 11.9 Å². The van der Waals surface area contributed by atoms with Gasteiger partial charge in [-0.2, -0.15) is 0 Å². The van der Waals surface area contributed by atoms with Crippen LogP contribution in [0.2, 0.25) is 0 Å². The van der Waals surface area contributed by atoms with Crippen LogP contribution >= 0.6 is 0 Å². The highest BCUT2D eigenvalue weighted by Crippen LogP contribution is 2.34. The average molecular weight is 352 g/mol. The number of hydrogen-bond donors (Lipinski definition) is 0. The van der Waals surface area contributed by atoms with E-state index in [1.165, 1.54) is 24.3 Å². The summed E-state index contributed by atoms with van der Waals surface area (Å²) in [5.41, 5.74) is 1.09. The largest absolute Gasteiger partial charge is 0.545 e. The van der Waals surface area contributed by atoms with Gasteiger partial charge in [-0.15, -0.1) is 0 Å². The molecule has 1 atom stereocenters. The van der Waals surface area contributed by atoms with Gasteiger partial charge in [0.15, 0.2) is 0 Å². The van der Waals surface area contributed by atoms with Crippen molar-refractivity contribution in [3.63, 3.8) is 0 Å². The van der Waals surface area contributed by atoms with Crippen molar-refractivity contribution in [2.75, 3.05) is 4.90 Å². The van der Waals surface area contributed by atoms with E-state index in [0.717, 1.165) is 10.5 Å². The number of carbonyl (C=O) groups excluding carboxylic acids is 3. The molecule has 134 valence electrons. The number of ether oxygens (including phenoxy) is 1. The smallest absolute Gasteiger partial charge is 0.241 e. The molecule has 0 aliphatic carbocycles. The number of nitrogens with zero attached hydrogens (tertiary/aromatic N) is 1. The molecule has 6 nitrogen and oxygen atoms in total. The van der Waals surface area contributed by atoms with Crippen molar-refractivity contribution >= 4 is 23.5 Å². The number of amides is 2. The summed E-state index contributed by atoms with van der Waals surface area (Å²) in [4.78, 5) is 37.0. The third kappa shape index (κ3) is 3.44. The minimum atomic E-state index is -1.31. The number of carboxylic acids is 1. The van der Waals surface area contributed by atoms with E-state index in [9.17, 15) is 19.5 Å². The lowest BCUT2D eigenvalue weighted by atomic mass is 9.97. The van der Waals surface area contributed by atoms with Gasteiger partial charge >= 0.3 is 0 Å². The maximum atomic E-state index is 12.7. The van der Waals surface area contributed by atoms with Gasteiger partial charge in [-0.1, -0.05) is 24.3 Å². The molecule has 1 fully saturated rings. The molecule has 1 saturated heterocycles. The van der Waals surface area contributed by atoms with Crippen LogP contribution in [0.25, 0.3) is 0 Å². The van der Waals surface area contributed by atoms with Gasteiger partial charge < -0.3 is 14.6 Å². The van der Waals surface area contributed by atoms with Crippen molar-refractivity contribution in [3.8, 4) is 5.75 Å². The summed E-state index contributed by atoms with van der Waals surface area (Å²) in [6.45, 7) is 3.85. The molecule has 0 spiro atoms. The lowest BCUT2D eigenvalue weighted by molar-refractivity contribution is -0.255. The van der Waals surface area contributed by atoms with Gasteiger partial charge in [-0.3, -0.25) is 14.5 Å². The molecule has 0 radical (unpaired) electrons. The molecule has 0 aromatic heterocycles. The Bertz CT molecular complexity index is 840. The van der Waals surface area contributed by atoms with Crippen LogP contribution in [0.1, 0.15) is 42.1 Å². The Morgan fingerprint density at radius 1 is 1.08 bits per heavy atom. The summed E-state index contributed by atoms with van der Waals surface area (Å²) >= 11 is 0. The van der Waals surface area contributed by atoms with E-state index in [-0.39, 0.29) is 29.9 Å². The molecule has 3 rings (SSSR count). The highest BCUT2D eigenvalue weighted by molar-refractivity contribution is 6.22. The lowest BCUT2D eigenvalue weighted by Gasteiger charge is -2.16. The first-order valence-corrected chi connectivity index (χ1v) is 8.31. The van der Waals surface area contributed by atoms with Crippen molar-refractivity contribution in [1.82, 2.24) is 0 Å². The summed E-state index contributed by atoms with van der Waals surface area (Å²) in [5, 5.41) is 10.8. The van der Waals surface area contributed by atoms with Gasteiger partial charge in [-0.25, -0.2) is 0 Å². The predicted molar refractivity (Wildman–Crippen MR) is 92.8 cm³/mol. The van der Waals surface area contributed by atoms with Crippen molar-refractivity contribution in [2.45, 2.75) is 32.3 Å². The second kappa shape index (κ2) is 7.00. The first-order valence-electron chi connectivity index (χ1n) is 8.31. The zero-order chi connectivity index (χ0) is 18.8. The van der Waals surface area contributed by atoms with Gasteiger partial charge in [-0.05, 0) is 49.2 Å². The predicted octanol–water partition coefficient (Wildman–Crippen LogP) is 1.88. The Balaban J connectivity index is 1.81. The van der Waals surface area contributed by atoms with Gasteiger partial charge in [0.25, 0.3) is 0 Å². The van der Waals surface area contributed by atoms with Crippen molar-refractivity contribution in [1.29, 1.82) is 0 Å². The first kappa shape index (κ1) is 17.7. The number of anilines is 1. The third-order valence-electron chi connectivity index (χ3n) is 4.16. The molecule has 2 aromatic carbocycles. The fraction of sp³-hybridized carbons (Fsp3) is 0.250. The molecule has 0 unspecified atom stereocenters. The molecule has 1 aliphatic heterocycles. The standard InChI is InChI=1S/C20H19NO5/c1-12(2)26-16-9-5-13(6-10-16)17-11-18(22)21(19(17)23)15-7-3-14(4-8-15)20(24)25/h3-10,12,17H,11H2,1-2H3,(H,24,25)/p-1/t17-/m1/s1. The number of carboxylic acid groups (broad SMARTS) is 1. The first-order chi connectivity index (χ1) is 12.4. The van der Waals surface area contributed by atoms with Crippen LogP contribution in [-0.2, 0) is 9.59 Å². The summed E-state index contributed by atoms with van der Waals surface area (Å²) < 4.78 is 5.59. The van der Waals surface area contributed by atoms with Crippen LogP contribution in [0.5, 0.6) is 5.75 Å². The number of hydrogen-bond acceptors (Lipinski definition) is 5. The van der Waals surface area contributed by atoms with E-state index >= 15 is 0 Å². The molecule has 2 amide bonds. The fourth-order valence-electron chi connectivity index (χ4n) is 2.96. The van der Waals surface area contributed by atoms with Crippen molar-refractivity contribution in [2.24, 2.45) is 0 Å². The molecular formula is C20H18NO5-. The van der Waals surface area contributed by atoms with Crippen LogP contribution < -0.4 is 14.7 Å². The lowest BCUT2D eigenvalue weighted by Crippen LogP contribution is -2.30.